The average Bonchev–Trinajstić information content (AvgIpc) is 2.76. The molecule has 20 heavy (non-hydrogen) atoms. The van der Waals surface area contributed by atoms with E-state index in [0.717, 1.165) is 38.1 Å². The first-order valence-corrected chi connectivity index (χ1v) is 7.50. The van der Waals surface area contributed by atoms with Crippen LogP contribution in [0.15, 0.2) is 29.3 Å². The van der Waals surface area contributed by atoms with E-state index in [1.807, 2.05) is 24.3 Å². The highest BCUT2D eigenvalue weighted by Gasteiger charge is 2.47. The molecule has 0 bridgehead atoms. The molecular formula is C15H20ClN3O. The van der Waals surface area contributed by atoms with Crippen LogP contribution in [0.1, 0.15) is 26.2 Å². The average molecular weight is 294 g/mol. The van der Waals surface area contributed by atoms with Crippen molar-refractivity contribution < 1.29 is 4.74 Å². The van der Waals surface area contributed by atoms with Crippen molar-refractivity contribution >= 4 is 23.2 Å². The number of benzene rings is 1. The smallest absolute Gasteiger partial charge is 0.196 e. The Bertz CT molecular complexity index is 534. The molecule has 1 fully saturated rings. The zero-order valence-corrected chi connectivity index (χ0v) is 12.4. The Morgan fingerprint density at radius 2 is 2.30 bits per heavy atom. The lowest BCUT2D eigenvalue weighted by Crippen LogP contribution is -2.56. The van der Waals surface area contributed by atoms with Crippen molar-refractivity contribution in [2.75, 3.05) is 18.1 Å². The van der Waals surface area contributed by atoms with E-state index in [0.29, 0.717) is 11.0 Å². The number of nitrogens with zero attached hydrogens (tertiary/aromatic N) is 2. The van der Waals surface area contributed by atoms with Gasteiger partial charge >= 0.3 is 0 Å². The maximum absolute atomic E-state index is 6.36. The molecule has 1 aromatic carbocycles. The molecule has 1 saturated heterocycles. The zero-order chi connectivity index (χ0) is 14.2. The molecule has 108 valence electrons. The van der Waals surface area contributed by atoms with Crippen molar-refractivity contribution in [2.24, 2.45) is 10.7 Å². The normalized spacial score (nSPS) is 29.8. The first-order valence-electron chi connectivity index (χ1n) is 7.12. The van der Waals surface area contributed by atoms with Crippen molar-refractivity contribution in [1.29, 1.82) is 0 Å². The van der Waals surface area contributed by atoms with Crippen LogP contribution in [-0.2, 0) is 4.74 Å². The topological polar surface area (TPSA) is 50.9 Å². The summed E-state index contributed by atoms with van der Waals surface area (Å²) in [5.74, 6) is 0.565. The van der Waals surface area contributed by atoms with E-state index < -0.39 is 0 Å². The van der Waals surface area contributed by atoms with Gasteiger partial charge in [-0.15, -0.1) is 0 Å². The molecule has 4 nitrogen and oxygen atoms in total. The summed E-state index contributed by atoms with van der Waals surface area (Å²) >= 11 is 6.36. The lowest BCUT2D eigenvalue weighted by atomic mass is 9.84. The molecule has 0 amide bonds. The van der Waals surface area contributed by atoms with Gasteiger partial charge in [-0.2, -0.15) is 0 Å². The number of guanidine groups is 1. The summed E-state index contributed by atoms with van der Waals surface area (Å²) < 4.78 is 5.81. The monoisotopic (exact) mass is 293 g/mol. The molecule has 0 radical (unpaired) electrons. The quantitative estimate of drug-likeness (QED) is 0.912. The first kappa shape index (κ1) is 13.7. The van der Waals surface area contributed by atoms with E-state index in [4.69, 9.17) is 22.1 Å². The standard InChI is InChI=1S/C15H20ClN3O/c1-2-11-9-15(7-8-20-11)10-18-14(17)19(15)13-6-4-3-5-12(13)16/h3-6,11H,2,7-10H2,1H3,(H2,17,18). The molecule has 5 heteroatoms. The van der Waals surface area contributed by atoms with Crippen molar-refractivity contribution in [1.82, 2.24) is 0 Å². The second kappa shape index (κ2) is 5.26. The van der Waals surface area contributed by atoms with Crippen molar-refractivity contribution in [2.45, 2.75) is 37.8 Å². The summed E-state index contributed by atoms with van der Waals surface area (Å²) in [5, 5.41) is 0.714. The zero-order valence-electron chi connectivity index (χ0n) is 11.7. The van der Waals surface area contributed by atoms with Crippen molar-refractivity contribution in [3.05, 3.63) is 29.3 Å². The number of ether oxygens (including phenoxy) is 1. The SMILES string of the molecule is CCC1CC2(CCO1)CN=C(N)N2c1ccccc1Cl. The largest absolute Gasteiger partial charge is 0.378 e. The summed E-state index contributed by atoms with van der Waals surface area (Å²) in [6.45, 7) is 3.63. The molecule has 2 aliphatic rings. The fraction of sp³-hybridized carbons (Fsp3) is 0.533. The Kier molecular flexibility index (Phi) is 3.61. The third kappa shape index (κ3) is 2.17. The second-order valence-corrected chi connectivity index (χ2v) is 5.95. The minimum Gasteiger partial charge on any atom is -0.378 e. The van der Waals surface area contributed by atoms with E-state index in [1.54, 1.807) is 0 Å². The van der Waals surface area contributed by atoms with Crippen LogP contribution in [0.3, 0.4) is 0 Å². The van der Waals surface area contributed by atoms with Gasteiger partial charge in [-0.25, -0.2) is 0 Å². The van der Waals surface area contributed by atoms with E-state index >= 15 is 0 Å². The second-order valence-electron chi connectivity index (χ2n) is 5.54. The predicted octanol–water partition coefficient (Wildman–Crippen LogP) is 2.80. The predicted molar refractivity (Wildman–Crippen MR) is 82.4 cm³/mol. The van der Waals surface area contributed by atoms with Crippen molar-refractivity contribution in [3.8, 4) is 0 Å². The van der Waals surface area contributed by atoms with Gasteiger partial charge in [-0.05, 0) is 31.4 Å². The van der Waals surface area contributed by atoms with Crippen LogP contribution in [0, 0.1) is 0 Å². The summed E-state index contributed by atoms with van der Waals surface area (Å²) in [6, 6.07) is 7.82. The van der Waals surface area contributed by atoms with Crippen molar-refractivity contribution in [3.63, 3.8) is 0 Å². The number of halogens is 1. The maximum atomic E-state index is 6.36. The molecular weight excluding hydrogens is 274 g/mol. The van der Waals surface area contributed by atoms with E-state index in [2.05, 4.69) is 16.8 Å². The van der Waals surface area contributed by atoms with Gasteiger partial charge in [0.05, 0.1) is 28.9 Å². The lowest BCUT2D eigenvalue weighted by molar-refractivity contribution is -0.0151. The molecule has 0 saturated carbocycles. The number of para-hydroxylation sites is 1. The highest BCUT2D eigenvalue weighted by Crippen LogP contribution is 2.41. The number of hydrogen-bond acceptors (Lipinski definition) is 4. The Morgan fingerprint density at radius 1 is 1.50 bits per heavy atom. The molecule has 0 aliphatic carbocycles. The summed E-state index contributed by atoms with van der Waals surface area (Å²) in [6.07, 6.45) is 3.16. The molecule has 2 N–H and O–H groups in total. The van der Waals surface area contributed by atoms with Gasteiger partial charge < -0.3 is 15.4 Å². The maximum Gasteiger partial charge on any atom is 0.196 e. The minimum absolute atomic E-state index is 0.0754. The third-order valence-corrected chi connectivity index (χ3v) is 4.64. The highest BCUT2D eigenvalue weighted by atomic mass is 35.5. The van der Waals surface area contributed by atoms with Crippen LogP contribution in [0.2, 0.25) is 5.02 Å². The van der Waals surface area contributed by atoms with Gasteiger partial charge in [0.15, 0.2) is 5.96 Å². The fourth-order valence-electron chi connectivity index (χ4n) is 3.23. The third-order valence-electron chi connectivity index (χ3n) is 4.32. The number of nitrogens with two attached hydrogens (primary N) is 1. The van der Waals surface area contributed by atoms with Crippen LogP contribution >= 0.6 is 11.6 Å². The summed E-state index contributed by atoms with van der Waals surface area (Å²) in [7, 11) is 0. The van der Waals surface area contributed by atoms with Crippen LogP contribution in [0.25, 0.3) is 0 Å². The Morgan fingerprint density at radius 3 is 3.05 bits per heavy atom. The van der Waals surface area contributed by atoms with Gasteiger partial charge in [-0.1, -0.05) is 30.7 Å². The van der Waals surface area contributed by atoms with Crippen LogP contribution in [-0.4, -0.2) is 30.8 Å². The Labute approximate surface area is 124 Å². The van der Waals surface area contributed by atoms with Crippen LogP contribution in [0.5, 0.6) is 0 Å². The van der Waals surface area contributed by atoms with Gasteiger partial charge in [0.2, 0.25) is 0 Å². The van der Waals surface area contributed by atoms with Crippen LogP contribution < -0.4 is 10.6 Å². The number of hydrogen-bond donors (Lipinski definition) is 1. The molecule has 2 aliphatic heterocycles. The molecule has 0 aromatic heterocycles. The van der Waals surface area contributed by atoms with Gasteiger partial charge in [0.25, 0.3) is 0 Å². The lowest BCUT2D eigenvalue weighted by Gasteiger charge is -2.44. The molecule has 1 aromatic rings. The Balaban J connectivity index is 1.98. The molecule has 2 heterocycles. The van der Waals surface area contributed by atoms with E-state index in [-0.39, 0.29) is 11.6 Å². The summed E-state index contributed by atoms with van der Waals surface area (Å²) in [5.41, 5.74) is 7.02. The first-order chi connectivity index (χ1) is 9.66. The van der Waals surface area contributed by atoms with Crippen LogP contribution in [0.4, 0.5) is 5.69 Å². The van der Waals surface area contributed by atoms with E-state index in [1.165, 1.54) is 0 Å². The number of aliphatic imine (C=N–C) groups is 1. The van der Waals surface area contributed by atoms with Gasteiger partial charge in [0, 0.05) is 6.61 Å². The molecule has 1 spiro atoms. The number of rotatable bonds is 2. The van der Waals surface area contributed by atoms with Gasteiger partial charge in [0.1, 0.15) is 0 Å². The molecule has 2 unspecified atom stereocenters. The molecule has 3 rings (SSSR count). The fourth-order valence-corrected chi connectivity index (χ4v) is 3.45. The Hall–Kier alpha value is -1.26. The molecule has 2 atom stereocenters. The van der Waals surface area contributed by atoms with Gasteiger partial charge in [-0.3, -0.25) is 4.99 Å². The number of anilines is 1. The summed E-state index contributed by atoms with van der Waals surface area (Å²) in [4.78, 5) is 6.61. The minimum atomic E-state index is -0.0754. The highest BCUT2D eigenvalue weighted by molar-refractivity contribution is 6.34. The van der Waals surface area contributed by atoms with E-state index in [9.17, 15) is 0 Å².